The summed E-state index contributed by atoms with van der Waals surface area (Å²) >= 11 is 0. The molecule has 0 amide bonds. The zero-order valence-electron chi connectivity index (χ0n) is 13.5. The molecule has 0 saturated carbocycles. The molecule has 1 heterocycles. The Morgan fingerprint density at radius 1 is 0.957 bits per heavy atom. The normalized spacial score (nSPS) is 17.8. The lowest BCUT2D eigenvalue weighted by Crippen LogP contribution is -2.39. The zero-order valence-corrected chi connectivity index (χ0v) is 13.5. The van der Waals surface area contributed by atoms with E-state index in [1.54, 1.807) is 0 Å². The minimum atomic E-state index is -0.380. The first-order chi connectivity index (χ1) is 11.3. The molecule has 0 bridgehead atoms. The number of benzene rings is 2. The van der Waals surface area contributed by atoms with E-state index in [0.717, 1.165) is 38.2 Å². The van der Waals surface area contributed by atoms with Gasteiger partial charge in [0.05, 0.1) is 6.10 Å². The smallest absolute Gasteiger partial charge is 0.119 e. The number of aliphatic hydroxyl groups is 1. The molecule has 1 aliphatic heterocycles. The van der Waals surface area contributed by atoms with Crippen molar-refractivity contribution in [1.82, 2.24) is 4.90 Å². The van der Waals surface area contributed by atoms with Crippen molar-refractivity contribution >= 4 is 0 Å². The van der Waals surface area contributed by atoms with Crippen LogP contribution in [0.4, 0.5) is 0 Å². The highest BCUT2D eigenvalue weighted by atomic mass is 16.5. The van der Waals surface area contributed by atoms with Gasteiger partial charge in [0.25, 0.3) is 0 Å². The molecule has 1 atom stereocenters. The molecular weight excluding hydrogens is 286 g/mol. The van der Waals surface area contributed by atoms with Crippen molar-refractivity contribution in [2.75, 3.05) is 19.7 Å². The summed E-state index contributed by atoms with van der Waals surface area (Å²) < 4.78 is 5.68. The molecular formula is C20H25NO2. The second-order valence-corrected chi connectivity index (χ2v) is 6.29. The van der Waals surface area contributed by atoms with Crippen LogP contribution >= 0.6 is 0 Å². The standard InChI is InChI=1S/C20H25NO2/c22-20(16-23-19-9-5-2-6-10-19)18-11-13-21(14-12-18)15-17-7-3-1-4-8-17/h1-10,18,20,22H,11-16H2. The van der Waals surface area contributed by atoms with Crippen molar-refractivity contribution in [3.8, 4) is 5.75 Å². The van der Waals surface area contributed by atoms with Crippen LogP contribution in [0.2, 0.25) is 0 Å². The van der Waals surface area contributed by atoms with Crippen molar-refractivity contribution in [2.24, 2.45) is 5.92 Å². The number of rotatable bonds is 6. The number of hydrogen-bond acceptors (Lipinski definition) is 3. The third-order valence-electron chi connectivity index (χ3n) is 4.59. The topological polar surface area (TPSA) is 32.7 Å². The van der Waals surface area contributed by atoms with E-state index in [-0.39, 0.29) is 6.10 Å². The summed E-state index contributed by atoms with van der Waals surface area (Å²) in [5, 5.41) is 10.4. The van der Waals surface area contributed by atoms with Crippen molar-refractivity contribution in [2.45, 2.75) is 25.5 Å². The Bertz CT molecular complexity index is 565. The predicted molar refractivity (Wildman–Crippen MR) is 92.4 cm³/mol. The number of aliphatic hydroxyl groups excluding tert-OH is 1. The lowest BCUT2D eigenvalue weighted by Gasteiger charge is -2.34. The summed E-state index contributed by atoms with van der Waals surface area (Å²) in [7, 11) is 0. The van der Waals surface area contributed by atoms with Crippen molar-refractivity contribution in [3.63, 3.8) is 0 Å². The highest BCUT2D eigenvalue weighted by Gasteiger charge is 2.25. The van der Waals surface area contributed by atoms with Crippen molar-refractivity contribution in [3.05, 3.63) is 66.2 Å². The minimum absolute atomic E-state index is 0.339. The number of likely N-dealkylation sites (tertiary alicyclic amines) is 1. The summed E-state index contributed by atoms with van der Waals surface area (Å²) in [4.78, 5) is 2.47. The van der Waals surface area contributed by atoms with Gasteiger partial charge in [-0.2, -0.15) is 0 Å². The van der Waals surface area contributed by atoms with E-state index in [0.29, 0.717) is 12.5 Å². The molecule has 0 radical (unpaired) electrons. The summed E-state index contributed by atoms with van der Waals surface area (Å²) in [5.74, 6) is 1.17. The van der Waals surface area contributed by atoms with Crippen LogP contribution in [0.1, 0.15) is 18.4 Å². The van der Waals surface area contributed by atoms with Gasteiger partial charge in [-0.1, -0.05) is 48.5 Å². The fourth-order valence-corrected chi connectivity index (χ4v) is 3.17. The van der Waals surface area contributed by atoms with Crippen molar-refractivity contribution < 1.29 is 9.84 Å². The molecule has 0 aromatic heterocycles. The van der Waals surface area contributed by atoms with E-state index >= 15 is 0 Å². The van der Waals surface area contributed by atoms with E-state index < -0.39 is 0 Å². The van der Waals surface area contributed by atoms with Crippen LogP contribution in [0, 0.1) is 5.92 Å². The Morgan fingerprint density at radius 2 is 1.57 bits per heavy atom. The lowest BCUT2D eigenvalue weighted by atomic mass is 9.91. The molecule has 1 N–H and O–H groups in total. The monoisotopic (exact) mass is 311 g/mol. The first-order valence-electron chi connectivity index (χ1n) is 8.43. The first kappa shape index (κ1) is 16.0. The molecule has 2 aromatic rings. The number of ether oxygens (including phenoxy) is 1. The molecule has 2 aromatic carbocycles. The maximum Gasteiger partial charge on any atom is 0.119 e. The molecule has 3 nitrogen and oxygen atoms in total. The van der Waals surface area contributed by atoms with Gasteiger partial charge in [-0.15, -0.1) is 0 Å². The third-order valence-corrected chi connectivity index (χ3v) is 4.59. The summed E-state index contributed by atoms with van der Waals surface area (Å²) in [6, 6.07) is 20.3. The molecule has 1 aliphatic rings. The van der Waals surface area contributed by atoms with Crippen LogP contribution in [0.15, 0.2) is 60.7 Å². The molecule has 3 heteroatoms. The predicted octanol–water partition coefficient (Wildman–Crippen LogP) is 3.34. The van der Waals surface area contributed by atoms with Gasteiger partial charge in [-0.25, -0.2) is 0 Å². The molecule has 122 valence electrons. The zero-order chi connectivity index (χ0) is 15.9. The highest BCUT2D eigenvalue weighted by molar-refractivity contribution is 5.21. The van der Waals surface area contributed by atoms with Gasteiger partial charge in [-0.05, 0) is 49.5 Å². The van der Waals surface area contributed by atoms with Gasteiger partial charge in [0.1, 0.15) is 12.4 Å². The second-order valence-electron chi connectivity index (χ2n) is 6.29. The van der Waals surface area contributed by atoms with Crippen LogP contribution in [0.3, 0.4) is 0 Å². The molecule has 1 fully saturated rings. The largest absolute Gasteiger partial charge is 0.491 e. The van der Waals surface area contributed by atoms with Crippen LogP contribution in [0.25, 0.3) is 0 Å². The second kappa shape index (κ2) is 8.14. The van der Waals surface area contributed by atoms with E-state index in [4.69, 9.17) is 4.74 Å². The quantitative estimate of drug-likeness (QED) is 0.888. The average Bonchev–Trinajstić information content (AvgIpc) is 2.62. The Morgan fingerprint density at radius 3 is 2.22 bits per heavy atom. The fraction of sp³-hybridized carbons (Fsp3) is 0.400. The number of nitrogens with zero attached hydrogens (tertiary/aromatic N) is 1. The Hall–Kier alpha value is -1.84. The Balaban J connectivity index is 1.41. The van der Waals surface area contributed by atoms with E-state index in [1.807, 2.05) is 30.3 Å². The molecule has 0 aliphatic carbocycles. The van der Waals surface area contributed by atoms with Crippen LogP contribution in [-0.4, -0.2) is 35.8 Å². The van der Waals surface area contributed by atoms with E-state index in [1.165, 1.54) is 5.56 Å². The van der Waals surface area contributed by atoms with Gasteiger partial charge in [0, 0.05) is 6.54 Å². The number of hydrogen-bond donors (Lipinski definition) is 1. The molecule has 3 rings (SSSR count). The first-order valence-corrected chi connectivity index (χ1v) is 8.43. The van der Waals surface area contributed by atoms with Gasteiger partial charge < -0.3 is 9.84 Å². The average molecular weight is 311 g/mol. The Kier molecular flexibility index (Phi) is 5.67. The molecule has 1 saturated heterocycles. The van der Waals surface area contributed by atoms with Crippen LogP contribution in [0.5, 0.6) is 5.75 Å². The maximum atomic E-state index is 10.4. The number of para-hydroxylation sites is 1. The molecule has 23 heavy (non-hydrogen) atoms. The van der Waals surface area contributed by atoms with Gasteiger partial charge >= 0.3 is 0 Å². The van der Waals surface area contributed by atoms with Gasteiger partial charge in [0.2, 0.25) is 0 Å². The third kappa shape index (κ3) is 4.81. The fourth-order valence-electron chi connectivity index (χ4n) is 3.17. The Labute approximate surface area is 138 Å². The van der Waals surface area contributed by atoms with Gasteiger partial charge in [0.15, 0.2) is 0 Å². The van der Waals surface area contributed by atoms with Crippen molar-refractivity contribution in [1.29, 1.82) is 0 Å². The molecule has 1 unspecified atom stereocenters. The summed E-state index contributed by atoms with van der Waals surface area (Å²) in [6.07, 6.45) is 1.69. The van der Waals surface area contributed by atoms with Gasteiger partial charge in [-0.3, -0.25) is 4.90 Å². The summed E-state index contributed by atoms with van der Waals surface area (Å²) in [6.45, 7) is 3.47. The van der Waals surface area contributed by atoms with Crippen LogP contribution < -0.4 is 4.74 Å². The van der Waals surface area contributed by atoms with E-state index in [2.05, 4.69) is 35.2 Å². The summed E-state index contributed by atoms with van der Waals surface area (Å²) in [5.41, 5.74) is 1.36. The number of piperidine rings is 1. The highest BCUT2D eigenvalue weighted by Crippen LogP contribution is 2.23. The lowest BCUT2D eigenvalue weighted by molar-refractivity contribution is 0.0245. The maximum absolute atomic E-state index is 10.4. The SMILES string of the molecule is OC(COc1ccccc1)C1CCN(Cc2ccccc2)CC1. The molecule has 0 spiro atoms. The van der Waals surface area contributed by atoms with Crippen LogP contribution in [-0.2, 0) is 6.54 Å². The minimum Gasteiger partial charge on any atom is -0.491 e. The van der Waals surface area contributed by atoms with E-state index in [9.17, 15) is 5.11 Å².